The molecule has 1 saturated carbocycles. The van der Waals surface area contributed by atoms with Crippen LogP contribution in [0.4, 0.5) is 5.69 Å². The molecule has 2 rings (SSSR count). The van der Waals surface area contributed by atoms with E-state index in [1.807, 2.05) is 0 Å². The zero-order valence-electron chi connectivity index (χ0n) is 11.4. The highest BCUT2D eigenvalue weighted by atomic mass is 32.2. The lowest BCUT2D eigenvalue weighted by atomic mass is 9.89. The normalized spacial score (nSPS) is 24.1. The summed E-state index contributed by atoms with van der Waals surface area (Å²) in [6.07, 6.45) is 5.86. The fourth-order valence-corrected chi connectivity index (χ4v) is 3.19. The molecule has 0 spiro atoms. The Balaban J connectivity index is 2.13. The summed E-state index contributed by atoms with van der Waals surface area (Å²) in [4.78, 5) is 0.231. The van der Waals surface area contributed by atoms with Crippen molar-refractivity contribution in [3.63, 3.8) is 0 Å². The maximum atomic E-state index is 11.4. The van der Waals surface area contributed by atoms with Crippen LogP contribution in [0.1, 0.15) is 32.6 Å². The first kappa shape index (κ1) is 14.2. The summed E-state index contributed by atoms with van der Waals surface area (Å²) < 4.78 is 28.8. The Kier molecular flexibility index (Phi) is 4.04. The minimum Gasteiger partial charge on any atom is -0.488 e. The molecular formula is C14H21NO3S. The van der Waals surface area contributed by atoms with Crippen LogP contribution in [0.25, 0.3) is 0 Å². The van der Waals surface area contributed by atoms with Crippen molar-refractivity contribution in [2.75, 3.05) is 12.0 Å². The van der Waals surface area contributed by atoms with Crippen LogP contribution in [0.2, 0.25) is 0 Å². The second-order valence-electron chi connectivity index (χ2n) is 5.48. The van der Waals surface area contributed by atoms with Crippen molar-refractivity contribution < 1.29 is 13.2 Å². The largest absolute Gasteiger partial charge is 0.488 e. The van der Waals surface area contributed by atoms with Crippen LogP contribution in [0.3, 0.4) is 0 Å². The number of hydrogen-bond donors (Lipinski definition) is 1. The highest BCUT2D eigenvalue weighted by molar-refractivity contribution is 7.90. The molecule has 0 saturated heterocycles. The maximum Gasteiger partial charge on any atom is 0.175 e. The smallest absolute Gasteiger partial charge is 0.175 e. The van der Waals surface area contributed by atoms with Gasteiger partial charge in [0.2, 0.25) is 0 Å². The number of nitrogens with two attached hydrogens (primary N) is 1. The van der Waals surface area contributed by atoms with Gasteiger partial charge in [0.1, 0.15) is 5.75 Å². The zero-order chi connectivity index (χ0) is 14.0. The molecular weight excluding hydrogens is 262 g/mol. The van der Waals surface area contributed by atoms with Crippen LogP contribution >= 0.6 is 0 Å². The van der Waals surface area contributed by atoms with Crippen molar-refractivity contribution in [1.29, 1.82) is 0 Å². The maximum absolute atomic E-state index is 11.4. The Morgan fingerprint density at radius 1 is 1.32 bits per heavy atom. The van der Waals surface area contributed by atoms with Crippen molar-refractivity contribution in [3.8, 4) is 5.75 Å². The Morgan fingerprint density at radius 3 is 2.63 bits per heavy atom. The fourth-order valence-electron chi connectivity index (χ4n) is 2.53. The quantitative estimate of drug-likeness (QED) is 0.866. The van der Waals surface area contributed by atoms with Crippen LogP contribution in [0.15, 0.2) is 23.1 Å². The van der Waals surface area contributed by atoms with Crippen molar-refractivity contribution in [2.45, 2.75) is 43.6 Å². The number of benzene rings is 1. The van der Waals surface area contributed by atoms with Crippen LogP contribution in [0, 0.1) is 5.92 Å². The average Bonchev–Trinajstić information content (AvgIpc) is 2.30. The van der Waals surface area contributed by atoms with E-state index in [0.717, 1.165) is 12.8 Å². The second-order valence-corrected chi connectivity index (χ2v) is 7.50. The fraction of sp³-hybridized carbons (Fsp3) is 0.571. The molecule has 1 aliphatic rings. The SMILES string of the molecule is CC1CCCC(Oc2ccc(S(C)(=O)=O)cc2N)C1. The average molecular weight is 283 g/mol. The number of ether oxygens (including phenoxy) is 1. The third kappa shape index (κ3) is 3.62. The summed E-state index contributed by atoms with van der Waals surface area (Å²) in [5.41, 5.74) is 6.27. The minimum atomic E-state index is -3.22. The molecule has 1 fully saturated rings. The van der Waals surface area contributed by atoms with Gasteiger partial charge in [-0.15, -0.1) is 0 Å². The third-order valence-electron chi connectivity index (χ3n) is 3.59. The van der Waals surface area contributed by atoms with E-state index in [1.165, 1.54) is 25.2 Å². The van der Waals surface area contributed by atoms with E-state index >= 15 is 0 Å². The summed E-state index contributed by atoms with van der Waals surface area (Å²) in [7, 11) is -3.22. The molecule has 0 radical (unpaired) electrons. The molecule has 1 aliphatic carbocycles. The molecule has 0 aliphatic heterocycles. The third-order valence-corrected chi connectivity index (χ3v) is 4.70. The second kappa shape index (κ2) is 5.41. The van der Waals surface area contributed by atoms with E-state index < -0.39 is 9.84 Å². The van der Waals surface area contributed by atoms with E-state index in [0.29, 0.717) is 17.4 Å². The Labute approximate surface area is 114 Å². The first-order valence-corrected chi connectivity index (χ1v) is 8.51. The van der Waals surface area contributed by atoms with Gasteiger partial charge in [0.05, 0.1) is 16.7 Å². The van der Waals surface area contributed by atoms with E-state index in [1.54, 1.807) is 12.1 Å². The van der Waals surface area contributed by atoms with Gasteiger partial charge in [0, 0.05) is 6.26 Å². The molecule has 1 aromatic rings. The number of nitrogen functional groups attached to an aromatic ring is 1. The number of hydrogen-bond acceptors (Lipinski definition) is 4. The van der Waals surface area contributed by atoms with E-state index in [2.05, 4.69) is 6.92 Å². The molecule has 0 bridgehead atoms. The van der Waals surface area contributed by atoms with Gasteiger partial charge in [0.15, 0.2) is 9.84 Å². The summed E-state index contributed by atoms with van der Waals surface area (Å²) in [6.45, 7) is 2.23. The van der Waals surface area contributed by atoms with Crippen LogP contribution in [-0.2, 0) is 9.84 Å². The predicted octanol–water partition coefficient (Wildman–Crippen LogP) is 2.63. The monoisotopic (exact) mass is 283 g/mol. The predicted molar refractivity (Wildman–Crippen MR) is 76.0 cm³/mol. The zero-order valence-corrected chi connectivity index (χ0v) is 12.2. The van der Waals surface area contributed by atoms with Crippen LogP contribution in [-0.4, -0.2) is 20.8 Å². The van der Waals surface area contributed by atoms with Crippen LogP contribution in [0.5, 0.6) is 5.75 Å². The van der Waals surface area contributed by atoms with Gasteiger partial charge in [-0.1, -0.05) is 13.3 Å². The van der Waals surface area contributed by atoms with Gasteiger partial charge in [-0.2, -0.15) is 0 Å². The number of sulfone groups is 1. The molecule has 1 aromatic carbocycles. The van der Waals surface area contributed by atoms with E-state index in [9.17, 15) is 8.42 Å². The standard InChI is InChI=1S/C14H21NO3S/c1-10-4-3-5-11(8-10)18-14-7-6-12(9-13(14)15)19(2,16)17/h6-7,9-11H,3-5,8,15H2,1-2H3. The molecule has 0 aromatic heterocycles. The highest BCUT2D eigenvalue weighted by Gasteiger charge is 2.21. The van der Waals surface area contributed by atoms with Crippen molar-refractivity contribution in [3.05, 3.63) is 18.2 Å². The summed E-state index contributed by atoms with van der Waals surface area (Å²) >= 11 is 0. The summed E-state index contributed by atoms with van der Waals surface area (Å²) in [5.74, 6) is 1.27. The molecule has 4 nitrogen and oxygen atoms in total. The molecule has 2 unspecified atom stereocenters. The Morgan fingerprint density at radius 2 is 2.05 bits per heavy atom. The number of anilines is 1. The van der Waals surface area contributed by atoms with Gasteiger partial charge < -0.3 is 10.5 Å². The van der Waals surface area contributed by atoms with Crippen molar-refractivity contribution in [1.82, 2.24) is 0 Å². The Bertz CT molecular complexity index is 554. The highest BCUT2D eigenvalue weighted by Crippen LogP contribution is 2.31. The summed E-state index contributed by atoms with van der Waals surface area (Å²) in [5, 5.41) is 0. The van der Waals surface area contributed by atoms with Crippen LogP contribution < -0.4 is 10.5 Å². The van der Waals surface area contributed by atoms with E-state index in [4.69, 9.17) is 10.5 Å². The molecule has 19 heavy (non-hydrogen) atoms. The first-order valence-electron chi connectivity index (χ1n) is 6.62. The minimum absolute atomic E-state index is 0.190. The van der Waals surface area contributed by atoms with Gasteiger partial charge in [-0.05, 0) is 43.4 Å². The molecule has 0 amide bonds. The molecule has 2 N–H and O–H groups in total. The van der Waals surface area contributed by atoms with Gasteiger partial charge in [-0.25, -0.2) is 8.42 Å². The number of rotatable bonds is 3. The lowest BCUT2D eigenvalue weighted by molar-refractivity contribution is 0.130. The van der Waals surface area contributed by atoms with Gasteiger partial charge in [0.25, 0.3) is 0 Å². The molecule has 5 heteroatoms. The van der Waals surface area contributed by atoms with Gasteiger partial charge >= 0.3 is 0 Å². The topological polar surface area (TPSA) is 69.4 Å². The molecule has 106 valence electrons. The van der Waals surface area contributed by atoms with Crippen molar-refractivity contribution in [2.24, 2.45) is 5.92 Å². The summed E-state index contributed by atoms with van der Waals surface area (Å²) in [6, 6.07) is 4.68. The lowest BCUT2D eigenvalue weighted by Gasteiger charge is -2.27. The van der Waals surface area contributed by atoms with Crippen molar-refractivity contribution >= 4 is 15.5 Å². The first-order chi connectivity index (χ1) is 8.86. The Hall–Kier alpha value is -1.23. The lowest BCUT2D eigenvalue weighted by Crippen LogP contribution is -2.24. The van der Waals surface area contributed by atoms with E-state index in [-0.39, 0.29) is 11.0 Å². The molecule has 2 atom stereocenters. The molecule has 0 heterocycles. The van der Waals surface area contributed by atoms with Gasteiger partial charge in [-0.3, -0.25) is 0 Å².